The van der Waals surface area contributed by atoms with E-state index in [1.165, 1.54) is 5.56 Å². The molecule has 2 aromatic rings. The number of hydrogen-bond acceptors (Lipinski definition) is 1. The fourth-order valence-corrected chi connectivity index (χ4v) is 2.08. The van der Waals surface area contributed by atoms with Crippen LogP contribution in [0.4, 0.5) is 0 Å². The molecule has 1 unspecified atom stereocenters. The molecule has 0 saturated heterocycles. The lowest BCUT2D eigenvalue weighted by atomic mass is 9.91. The molecule has 2 aromatic carbocycles. The molecule has 0 heterocycles. The van der Waals surface area contributed by atoms with Gasteiger partial charge in [0.05, 0.1) is 0 Å². The Morgan fingerprint density at radius 2 is 1.61 bits per heavy atom. The van der Waals surface area contributed by atoms with Gasteiger partial charge in [0.1, 0.15) is 5.78 Å². The Morgan fingerprint density at radius 1 is 1.00 bits per heavy atom. The third-order valence-electron chi connectivity index (χ3n) is 3.41. The van der Waals surface area contributed by atoms with Crippen LogP contribution in [0.2, 0.25) is 0 Å². The van der Waals surface area contributed by atoms with Gasteiger partial charge in [0.15, 0.2) is 0 Å². The summed E-state index contributed by atoms with van der Waals surface area (Å²) in [5, 5.41) is 0. The summed E-state index contributed by atoms with van der Waals surface area (Å²) in [5.41, 5.74) is 3.41. The third-order valence-corrected chi connectivity index (χ3v) is 3.41. The van der Waals surface area contributed by atoms with Crippen molar-refractivity contribution >= 4 is 5.78 Å². The van der Waals surface area contributed by atoms with Crippen LogP contribution in [0.1, 0.15) is 29.5 Å². The van der Waals surface area contributed by atoms with E-state index in [2.05, 4.69) is 13.0 Å². The lowest BCUT2D eigenvalue weighted by molar-refractivity contribution is -0.119. The third kappa shape index (κ3) is 2.86. The number of rotatable bonds is 4. The molecule has 2 rings (SSSR count). The number of Topliss-reactive ketones (excluding diaryl/α,β-unsaturated/α-hetero) is 1. The standard InChI is InChI=1S/C17H18O/c1-13-8-6-7-11-16(13)12-17(18)14(2)15-9-4-3-5-10-15/h3-11,14H,12H2,1-2H3. The van der Waals surface area contributed by atoms with Gasteiger partial charge in [0, 0.05) is 12.3 Å². The van der Waals surface area contributed by atoms with E-state index < -0.39 is 0 Å². The van der Waals surface area contributed by atoms with Crippen molar-refractivity contribution in [3.63, 3.8) is 0 Å². The zero-order valence-corrected chi connectivity index (χ0v) is 10.9. The van der Waals surface area contributed by atoms with Crippen molar-refractivity contribution in [2.45, 2.75) is 26.2 Å². The summed E-state index contributed by atoms with van der Waals surface area (Å²) in [4.78, 5) is 12.3. The van der Waals surface area contributed by atoms with Crippen LogP contribution >= 0.6 is 0 Å². The molecule has 0 amide bonds. The largest absolute Gasteiger partial charge is 0.299 e. The molecule has 1 nitrogen and oxygen atoms in total. The van der Waals surface area contributed by atoms with Gasteiger partial charge in [-0.3, -0.25) is 4.79 Å². The van der Waals surface area contributed by atoms with Gasteiger partial charge in [-0.15, -0.1) is 0 Å². The number of ketones is 1. The number of carbonyl (C=O) groups is 1. The molecular formula is C17H18O. The molecule has 0 aliphatic rings. The van der Waals surface area contributed by atoms with Crippen LogP contribution < -0.4 is 0 Å². The van der Waals surface area contributed by atoms with Crippen LogP contribution in [0.15, 0.2) is 54.6 Å². The molecule has 1 atom stereocenters. The predicted octanol–water partition coefficient (Wildman–Crippen LogP) is 3.91. The van der Waals surface area contributed by atoms with Crippen LogP contribution in [-0.2, 0) is 11.2 Å². The molecule has 18 heavy (non-hydrogen) atoms. The van der Waals surface area contributed by atoms with Gasteiger partial charge in [-0.05, 0) is 23.6 Å². The van der Waals surface area contributed by atoms with E-state index >= 15 is 0 Å². The number of carbonyl (C=O) groups excluding carboxylic acids is 1. The van der Waals surface area contributed by atoms with E-state index in [-0.39, 0.29) is 11.7 Å². The first-order chi connectivity index (χ1) is 8.68. The average molecular weight is 238 g/mol. The van der Waals surface area contributed by atoms with Gasteiger partial charge in [0.25, 0.3) is 0 Å². The SMILES string of the molecule is Cc1ccccc1CC(=O)C(C)c1ccccc1. The molecule has 1 heteroatoms. The molecule has 92 valence electrons. The minimum atomic E-state index is -0.0363. The predicted molar refractivity (Wildman–Crippen MR) is 74.7 cm³/mol. The van der Waals surface area contributed by atoms with Crippen LogP contribution in [0.3, 0.4) is 0 Å². The van der Waals surface area contributed by atoms with Crippen molar-refractivity contribution in [1.29, 1.82) is 0 Å². The highest BCUT2D eigenvalue weighted by atomic mass is 16.1. The van der Waals surface area contributed by atoms with Crippen LogP contribution in [0, 0.1) is 6.92 Å². The van der Waals surface area contributed by atoms with E-state index in [1.807, 2.05) is 55.5 Å². The fourth-order valence-electron chi connectivity index (χ4n) is 2.08. The molecule has 0 saturated carbocycles. The minimum absolute atomic E-state index is 0.0363. The zero-order valence-electron chi connectivity index (χ0n) is 10.9. The molecule has 0 aromatic heterocycles. The van der Waals surface area contributed by atoms with Crippen LogP contribution in [0.5, 0.6) is 0 Å². The molecule has 0 N–H and O–H groups in total. The van der Waals surface area contributed by atoms with Crippen molar-refractivity contribution in [3.8, 4) is 0 Å². The van der Waals surface area contributed by atoms with Gasteiger partial charge in [-0.25, -0.2) is 0 Å². The van der Waals surface area contributed by atoms with E-state index in [4.69, 9.17) is 0 Å². The normalized spacial score (nSPS) is 12.1. The maximum absolute atomic E-state index is 12.3. The van der Waals surface area contributed by atoms with Crippen molar-refractivity contribution < 1.29 is 4.79 Å². The van der Waals surface area contributed by atoms with Crippen LogP contribution in [0.25, 0.3) is 0 Å². The first-order valence-electron chi connectivity index (χ1n) is 6.30. The Labute approximate surface area is 108 Å². The first kappa shape index (κ1) is 12.6. The van der Waals surface area contributed by atoms with E-state index in [0.717, 1.165) is 11.1 Å². The summed E-state index contributed by atoms with van der Waals surface area (Å²) in [5.74, 6) is 0.237. The number of hydrogen-bond donors (Lipinski definition) is 0. The molecule has 0 radical (unpaired) electrons. The lowest BCUT2D eigenvalue weighted by Gasteiger charge is -2.12. The molecule has 0 bridgehead atoms. The van der Waals surface area contributed by atoms with E-state index in [9.17, 15) is 4.79 Å². The zero-order chi connectivity index (χ0) is 13.0. The van der Waals surface area contributed by atoms with Gasteiger partial charge < -0.3 is 0 Å². The summed E-state index contributed by atoms with van der Waals surface area (Å²) in [7, 11) is 0. The Hall–Kier alpha value is -1.89. The monoisotopic (exact) mass is 238 g/mol. The van der Waals surface area contributed by atoms with E-state index in [0.29, 0.717) is 6.42 Å². The quantitative estimate of drug-likeness (QED) is 0.789. The number of aryl methyl sites for hydroxylation is 1. The maximum Gasteiger partial charge on any atom is 0.144 e. The second-order valence-electron chi connectivity index (χ2n) is 4.70. The minimum Gasteiger partial charge on any atom is -0.299 e. The summed E-state index contributed by atoms with van der Waals surface area (Å²) < 4.78 is 0. The highest BCUT2D eigenvalue weighted by molar-refractivity contribution is 5.87. The molecule has 0 spiro atoms. The van der Waals surface area contributed by atoms with Crippen molar-refractivity contribution in [1.82, 2.24) is 0 Å². The van der Waals surface area contributed by atoms with Gasteiger partial charge in [-0.2, -0.15) is 0 Å². The highest BCUT2D eigenvalue weighted by Crippen LogP contribution is 2.19. The fraction of sp³-hybridized carbons (Fsp3) is 0.235. The highest BCUT2D eigenvalue weighted by Gasteiger charge is 2.15. The smallest absolute Gasteiger partial charge is 0.144 e. The van der Waals surface area contributed by atoms with Gasteiger partial charge in [-0.1, -0.05) is 61.5 Å². The van der Waals surface area contributed by atoms with Crippen molar-refractivity contribution in [3.05, 3.63) is 71.3 Å². The topological polar surface area (TPSA) is 17.1 Å². The average Bonchev–Trinajstić information content (AvgIpc) is 2.41. The molecular weight excluding hydrogens is 220 g/mol. The van der Waals surface area contributed by atoms with Crippen LogP contribution in [-0.4, -0.2) is 5.78 Å². The molecule has 0 fully saturated rings. The Kier molecular flexibility index (Phi) is 3.93. The number of benzene rings is 2. The van der Waals surface area contributed by atoms with Crippen molar-refractivity contribution in [2.24, 2.45) is 0 Å². The lowest BCUT2D eigenvalue weighted by Crippen LogP contribution is -2.12. The second-order valence-corrected chi connectivity index (χ2v) is 4.70. The first-order valence-corrected chi connectivity index (χ1v) is 6.30. The van der Waals surface area contributed by atoms with E-state index in [1.54, 1.807) is 0 Å². The second kappa shape index (κ2) is 5.63. The summed E-state index contributed by atoms with van der Waals surface area (Å²) in [6.07, 6.45) is 0.517. The Morgan fingerprint density at radius 3 is 2.28 bits per heavy atom. The maximum atomic E-state index is 12.3. The summed E-state index contributed by atoms with van der Waals surface area (Å²) in [6, 6.07) is 18.0. The summed E-state index contributed by atoms with van der Waals surface area (Å²) in [6.45, 7) is 4.03. The Balaban J connectivity index is 2.12. The van der Waals surface area contributed by atoms with Gasteiger partial charge >= 0.3 is 0 Å². The molecule has 0 aliphatic carbocycles. The summed E-state index contributed by atoms with van der Waals surface area (Å²) >= 11 is 0. The van der Waals surface area contributed by atoms with Crippen molar-refractivity contribution in [2.75, 3.05) is 0 Å². The Bertz CT molecular complexity index is 528. The van der Waals surface area contributed by atoms with Gasteiger partial charge in [0.2, 0.25) is 0 Å². The molecule has 0 aliphatic heterocycles.